The number of carbonyl (C=O) groups is 1. The molecule has 0 saturated heterocycles. The van der Waals surface area contributed by atoms with Gasteiger partial charge in [-0.1, -0.05) is 42.5 Å². The Morgan fingerprint density at radius 2 is 1.97 bits per heavy atom. The summed E-state index contributed by atoms with van der Waals surface area (Å²) in [5, 5.41) is 22.2. The van der Waals surface area contributed by atoms with Crippen molar-refractivity contribution in [2.45, 2.75) is 25.0 Å². The first-order valence-corrected chi connectivity index (χ1v) is 12.2. The van der Waals surface area contributed by atoms with Gasteiger partial charge < -0.3 is 15.2 Å². The number of nitrogens with one attached hydrogen (secondary N) is 2. The maximum absolute atomic E-state index is 13.0. The van der Waals surface area contributed by atoms with Crippen LogP contribution in [0.15, 0.2) is 85.2 Å². The first kappa shape index (κ1) is 22.9. The lowest BCUT2D eigenvalue weighted by molar-refractivity contribution is 0.0863. The highest BCUT2D eigenvalue weighted by atomic mass is 16.5. The number of rotatable bonds is 6. The quantitative estimate of drug-likeness (QED) is 0.324. The third-order valence-electron chi connectivity index (χ3n) is 7.07. The van der Waals surface area contributed by atoms with Crippen molar-refractivity contribution in [2.24, 2.45) is 0 Å². The fraction of sp³-hybridized carbons (Fsp3) is 0.167. The molecule has 1 unspecified atom stereocenters. The topological polar surface area (TPSA) is 100 Å². The number of carbonyl (C=O) groups excluding carboxylic acids is 1. The van der Waals surface area contributed by atoms with Crippen molar-refractivity contribution < 1.29 is 14.6 Å². The summed E-state index contributed by atoms with van der Waals surface area (Å²) in [5.74, 6) is 0.269. The molecule has 0 radical (unpaired) electrons. The molecule has 184 valence electrons. The van der Waals surface area contributed by atoms with E-state index in [9.17, 15) is 9.90 Å². The number of methoxy groups -OCH3 is 1. The lowest BCUT2D eigenvalue weighted by Gasteiger charge is -2.26. The first-order valence-electron chi connectivity index (χ1n) is 12.2. The van der Waals surface area contributed by atoms with E-state index in [4.69, 9.17) is 4.74 Å². The van der Waals surface area contributed by atoms with E-state index in [1.807, 2.05) is 54.6 Å². The number of aliphatic hydroxyl groups is 1. The van der Waals surface area contributed by atoms with E-state index in [-0.39, 0.29) is 5.91 Å². The molecule has 37 heavy (non-hydrogen) atoms. The zero-order valence-electron chi connectivity index (χ0n) is 20.4. The number of pyridine rings is 1. The predicted octanol–water partition coefficient (Wildman–Crippen LogP) is 4.55. The molecule has 3 N–H and O–H groups in total. The fourth-order valence-electron chi connectivity index (χ4n) is 5.08. The number of H-pyrrole nitrogens is 1. The molecule has 0 spiro atoms. The molecular formula is C30H26N4O3. The molecule has 0 saturated carbocycles. The number of aromatic nitrogens is 3. The number of aromatic amines is 1. The van der Waals surface area contributed by atoms with Gasteiger partial charge in [0, 0.05) is 42.9 Å². The Morgan fingerprint density at radius 1 is 1.16 bits per heavy atom. The SMILES string of the molecule is COc1cc2c(cc1C(=O)NCc1ccncc1)Cc1c-2n[nH]c1C1(O)C=CC(c2ccccc2)=CC1. The second-order valence-corrected chi connectivity index (χ2v) is 9.34. The average Bonchev–Trinajstić information content (AvgIpc) is 3.52. The Kier molecular flexibility index (Phi) is 5.70. The summed E-state index contributed by atoms with van der Waals surface area (Å²) in [4.78, 5) is 17.0. The Hall–Kier alpha value is -4.49. The predicted molar refractivity (Wildman–Crippen MR) is 141 cm³/mol. The molecule has 1 atom stereocenters. The van der Waals surface area contributed by atoms with E-state index in [1.165, 1.54) is 0 Å². The van der Waals surface area contributed by atoms with Gasteiger partial charge in [0.2, 0.25) is 0 Å². The Balaban J connectivity index is 1.26. The standard InChI is InChI=1S/C30H26N4O3/c1-37-26-17-23-22(15-24(26)29(35)32-18-19-9-13-31-14-10-19)16-25-27(23)33-34-28(25)30(36)11-7-21(8-12-30)20-5-3-2-4-6-20/h2-11,13-15,17,36H,12,16,18H2,1H3,(H,32,35)(H,33,34). The van der Waals surface area contributed by atoms with Gasteiger partial charge in [-0.3, -0.25) is 14.9 Å². The van der Waals surface area contributed by atoms with Crippen LogP contribution in [0.3, 0.4) is 0 Å². The summed E-state index contributed by atoms with van der Waals surface area (Å²) in [6, 6.07) is 17.6. The van der Waals surface area contributed by atoms with Crippen molar-refractivity contribution in [3.8, 4) is 17.0 Å². The molecular weight excluding hydrogens is 464 g/mol. The van der Waals surface area contributed by atoms with E-state index < -0.39 is 5.60 Å². The number of nitrogens with zero attached hydrogens (tertiary/aromatic N) is 2. The number of ether oxygens (including phenoxy) is 1. The number of benzene rings is 2. The molecule has 7 heteroatoms. The van der Waals surface area contributed by atoms with E-state index in [0.717, 1.165) is 39.1 Å². The van der Waals surface area contributed by atoms with Crippen LogP contribution in [0.4, 0.5) is 0 Å². The molecule has 4 aromatic rings. The summed E-state index contributed by atoms with van der Waals surface area (Å²) in [6.07, 6.45) is 10.3. The molecule has 2 heterocycles. The molecule has 2 aliphatic carbocycles. The van der Waals surface area contributed by atoms with E-state index in [2.05, 4.69) is 38.7 Å². The minimum Gasteiger partial charge on any atom is -0.496 e. The molecule has 2 aromatic carbocycles. The average molecular weight is 491 g/mol. The van der Waals surface area contributed by atoms with Gasteiger partial charge in [0.25, 0.3) is 5.91 Å². The van der Waals surface area contributed by atoms with Gasteiger partial charge in [-0.05, 0) is 52.6 Å². The van der Waals surface area contributed by atoms with Crippen molar-refractivity contribution in [3.63, 3.8) is 0 Å². The monoisotopic (exact) mass is 490 g/mol. The van der Waals surface area contributed by atoms with Crippen molar-refractivity contribution >= 4 is 11.5 Å². The second-order valence-electron chi connectivity index (χ2n) is 9.34. The van der Waals surface area contributed by atoms with Gasteiger partial charge in [-0.25, -0.2) is 0 Å². The molecule has 0 bridgehead atoms. The van der Waals surface area contributed by atoms with Crippen molar-refractivity contribution in [2.75, 3.05) is 7.11 Å². The third kappa shape index (κ3) is 4.13. The maximum Gasteiger partial charge on any atom is 0.255 e. The fourth-order valence-corrected chi connectivity index (χ4v) is 5.08. The van der Waals surface area contributed by atoms with Crippen LogP contribution in [-0.4, -0.2) is 33.3 Å². The van der Waals surface area contributed by atoms with Crippen LogP contribution < -0.4 is 10.1 Å². The minimum atomic E-state index is -1.18. The first-order chi connectivity index (χ1) is 18.1. The number of allylic oxidation sites excluding steroid dienone is 2. The normalized spacial score (nSPS) is 17.6. The van der Waals surface area contributed by atoms with Crippen LogP contribution in [0.2, 0.25) is 0 Å². The minimum absolute atomic E-state index is 0.213. The van der Waals surface area contributed by atoms with Gasteiger partial charge >= 0.3 is 0 Å². The zero-order chi connectivity index (χ0) is 25.4. The van der Waals surface area contributed by atoms with Crippen LogP contribution in [-0.2, 0) is 18.6 Å². The highest BCUT2D eigenvalue weighted by molar-refractivity contribution is 5.98. The van der Waals surface area contributed by atoms with Crippen molar-refractivity contribution in [1.82, 2.24) is 20.5 Å². The number of hydrogen-bond donors (Lipinski definition) is 3. The van der Waals surface area contributed by atoms with Gasteiger partial charge in [-0.2, -0.15) is 5.10 Å². The van der Waals surface area contributed by atoms with E-state index >= 15 is 0 Å². The third-order valence-corrected chi connectivity index (χ3v) is 7.07. The Labute approximate surface area is 214 Å². The van der Waals surface area contributed by atoms with Gasteiger partial charge in [-0.15, -0.1) is 0 Å². The largest absolute Gasteiger partial charge is 0.496 e. The van der Waals surface area contributed by atoms with Crippen LogP contribution in [0.5, 0.6) is 5.75 Å². The summed E-state index contributed by atoms with van der Waals surface area (Å²) >= 11 is 0. The summed E-state index contributed by atoms with van der Waals surface area (Å²) in [5.41, 5.74) is 6.74. The number of hydrogen-bond acceptors (Lipinski definition) is 5. The Morgan fingerprint density at radius 3 is 2.70 bits per heavy atom. The van der Waals surface area contributed by atoms with Crippen LogP contribution in [0, 0.1) is 0 Å². The summed E-state index contributed by atoms with van der Waals surface area (Å²) in [7, 11) is 1.55. The smallest absolute Gasteiger partial charge is 0.255 e. The molecule has 2 aliphatic rings. The highest BCUT2D eigenvalue weighted by Crippen LogP contribution is 2.44. The van der Waals surface area contributed by atoms with Crippen molar-refractivity contribution in [1.29, 1.82) is 0 Å². The molecule has 0 fully saturated rings. The van der Waals surface area contributed by atoms with Gasteiger partial charge in [0.15, 0.2) is 0 Å². The Bertz CT molecular complexity index is 1540. The second kappa shape index (κ2) is 9.19. The molecule has 0 aliphatic heterocycles. The molecule has 1 amide bonds. The maximum atomic E-state index is 13.0. The van der Waals surface area contributed by atoms with E-state index in [1.54, 1.807) is 19.5 Å². The zero-order valence-corrected chi connectivity index (χ0v) is 20.4. The summed E-state index contributed by atoms with van der Waals surface area (Å²) in [6.45, 7) is 0.394. The summed E-state index contributed by atoms with van der Waals surface area (Å²) < 4.78 is 5.58. The molecule has 6 rings (SSSR count). The number of amides is 1. The lowest BCUT2D eigenvalue weighted by atomic mass is 9.85. The van der Waals surface area contributed by atoms with Crippen LogP contribution in [0.25, 0.3) is 16.8 Å². The lowest BCUT2D eigenvalue weighted by Crippen LogP contribution is -2.26. The van der Waals surface area contributed by atoms with Gasteiger partial charge in [0.05, 0.1) is 24.1 Å². The van der Waals surface area contributed by atoms with Crippen LogP contribution >= 0.6 is 0 Å². The number of fused-ring (bicyclic) bond motifs is 3. The van der Waals surface area contributed by atoms with Gasteiger partial charge in [0.1, 0.15) is 11.4 Å². The van der Waals surface area contributed by atoms with Crippen LogP contribution in [0.1, 0.15) is 44.7 Å². The van der Waals surface area contributed by atoms with Crippen molar-refractivity contribution in [3.05, 3.63) is 119 Å². The molecule has 7 nitrogen and oxygen atoms in total. The molecule has 2 aromatic heterocycles. The van der Waals surface area contributed by atoms with E-state index in [0.29, 0.717) is 36.4 Å². The highest BCUT2D eigenvalue weighted by Gasteiger charge is 2.37.